The van der Waals surface area contributed by atoms with E-state index in [-0.39, 0.29) is 35.1 Å². The van der Waals surface area contributed by atoms with E-state index >= 15 is 0 Å². The summed E-state index contributed by atoms with van der Waals surface area (Å²) >= 11 is 0. The van der Waals surface area contributed by atoms with Crippen LogP contribution in [-0.4, -0.2) is 35.7 Å². The van der Waals surface area contributed by atoms with Gasteiger partial charge in [0.2, 0.25) is 0 Å². The van der Waals surface area contributed by atoms with Gasteiger partial charge < -0.3 is 5.32 Å². The minimum Gasteiger partial charge on any atom is -0.309 e. The van der Waals surface area contributed by atoms with E-state index < -0.39 is 5.92 Å². The molecule has 3 unspecified atom stereocenters. The second kappa shape index (κ2) is 6.16. The topological polar surface area (TPSA) is 80.3 Å². The predicted molar refractivity (Wildman–Crippen MR) is 109 cm³/mol. The number of benzene rings is 1. The zero-order chi connectivity index (χ0) is 20.6. The highest BCUT2D eigenvalue weighted by atomic mass is 16.2. The number of rotatable bonds is 0. The summed E-state index contributed by atoms with van der Waals surface area (Å²) in [6, 6.07) is 6.55. The summed E-state index contributed by atoms with van der Waals surface area (Å²) in [6.07, 6.45) is 6.94. The highest BCUT2D eigenvalue weighted by molar-refractivity contribution is 6.31. The van der Waals surface area contributed by atoms with Crippen LogP contribution in [0.3, 0.4) is 0 Å². The number of ketones is 4. The molecular formula is C25H19NO4. The van der Waals surface area contributed by atoms with E-state index in [1.165, 1.54) is 6.08 Å². The van der Waals surface area contributed by atoms with E-state index in [1.54, 1.807) is 30.3 Å². The van der Waals surface area contributed by atoms with E-state index in [1.807, 2.05) is 6.08 Å². The van der Waals surface area contributed by atoms with Crippen LogP contribution < -0.4 is 5.32 Å². The molecule has 3 atom stereocenters. The molecule has 0 bridgehead atoms. The smallest absolute Gasteiger partial charge is 0.194 e. The average molecular weight is 397 g/mol. The van der Waals surface area contributed by atoms with Crippen LogP contribution in [0.2, 0.25) is 0 Å². The van der Waals surface area contributed by atoms with Crippen molar-refractivity contribution in [3.05, 3.63) is 81.5 Å². The van der Waals surface area contributed by atoms with E-state index in [0.29, 0.717) is 39.8 Å². The molecule has 30 heavy (non-hydrogen) atoms. The lowest BCUT2D eigenvalue weighted by Crippen LogP contribution is -2.52. The fourth-order valence-corrected chi connectivity index (χ4v) is 5.83. The molecule has 1 aromatic rings. The van der Waals surface area contributed by atoms with E-state index in [4.69, 9.17) is 0 Å². The fourth-order valence-electron chi connectivity index (χ4n) is 5.83. The number of Topliss-reactive ketones (excluding diaryl/α,β-unsaturated/α-hetero) is 3. The molecule has 5 heteroatoms. The maximum absolute atomic E-state index is 13.6. The first-order valence-corrected chi connectivity index (χ1v) is 10.4. The lowest BCUT2D eigenvalue weighted by Gasteiger charge is -2.45. The van der Waals surface area contributed by atoms with Crippen molar-refractivity contribution in [2.24, 2.45) is 11.8 Å². The Morgan fingerprint density at radius 1 is 0.933 bits per heavy atom. The Kier molecular flexibility index (Phi) is 3.63. The van der Waals surface area contributed by atoms with Gasteiger partial charge in [0.15, 0.2) is 23.1 Å². The first kappa shape index (κ1) is 17.7. The Bertz CT molecular complexity index is 1210. The van der Waals surface area contributed by atoms with Crippen LogP contribution >= 0.6 is 0 Å². The van der Waals surface area contributed by atoms with E-state index in [2.05, 4.69) is 5.32 Å². The van der Waals surface area contributed by atoms with Crippen LogP contribution in [0.1, 0.15) is 40.0 Å². The van der Waals surface area contributed by atoms with Gasteiger partial charge in [-0.15, -0.1) is 0 Å². The number of nitrogens with one attached hydrogen (secondary N) is 1. The van der Waals surface area contributed by atoms with Crippen molar-refractivity contribution in [1.29, 1.82) is 0 Å². The summed E-state index contributed by atoms with van der Waals surface area (Å²) in [7, 11) is 0. The molecule has 1 N–H and O–H groups in total. The molecule has 1 fully saturated rings. The summed E-state index contributed by atoms with van der Waals surface area (Å²) in [4.78, 5) is 53.2. The molecule has 1 aromatic carbocycles. The van der Waals surface area contributed by atoms with Crippen LogP contribution in [-0.2, 0) is 9.59 Å². The molecular weight excluding hydrogens is 378 g/mol. The predicted octanol–water partition coefficient (Wildman–Crippen LogP) is 2.69. The Labute approximate surface area is 173 Å². The molecule has 0 radical (unpaired) electrons. The lowest BCUT2D eigenvalue weighted by atomic mass is 9.60. The molecule has 0 amide bonds. The molecule has 1 heterocycles. The van der Waals surface area contributed by atoms with Gasteiger partial charge >= 0.3 is 0 Å². The summed E-state index contributed by atoms with van der Waals surface area (Å²) < 4.78 is 0. The van der Waals surface area contributed by atoms with Crippen molar-refractivity contribution in [3.8, 4) is 0 Å². The van der Waals surface area contributed by atoms with E-state index in [0.717, 1.165) is 25.0 Å². The van der Waals surface area contributed by atoms with Crippen molar-refractivity contribution in [2.45, 2.75) is 25.3 Å². The molecule has 1 saturated heterocycles. The van der Waals surface area contributed by atoms with Crippen LogP contribution in [0.15, 0.2) is 70.4 Å². The molecule has 1 aliphatic heterocycles. The first-order chi connectivity index (χ1) is 14.6. The number of allylic oxidation sites excluding steroid dienone is 6. The van der Waals surface area contributed by atoms with Crippen LogP contribution in [0.25, 0.3) is 0 Å². The Hall–Kier alpha value is -3.18. The molecule has 148 valence electrons. The Morgan fingerprint density at radius 3 is 2.50 bits per heavy atom. The Morgan fingerprint density at radius 2 is 1.70 bits per heavy atom. The number of carbonyl (C=O) groups excluding carboxylic acids is 4. The SMILES string of the molecule is O=C1C2=C(C(=O)c3ccccc31)C1NCCCC1C1=C2CC2=CC=CC(=O)C2C1=O. The van der Waals surface area contributed by atoms with Crippen LogP contribution in [0.4, 0.5) is 0 Å². The zero-order valence-corrected chi connectivity index (χ0v) is 16.2. The van der Waals surface area contributed by atoms with Crippen LogP contribution in [0, 0.1) is 11.8 Å². The average Bonchev–Trinajstić information content (AvgIpc) is 2.76. The standard InChI is InChI=1S/C25H19NO4/c27-17-9-3-5-12-11-16-19(25(30)18(12)17)15-8-4-10-26-22(15)21-20(16)23(28)13-6-1-2-7-14(13)24(21)29/h1-3,5-7,9,15,18,22,26H,4,8,10-11H2. The number of piperidine rings is 1. The van der Waals surface area contributed by atoms with Gasteiger partial charge in [0.05, 0.1) is 0 Å². The molecule has 4 aliphatic carbocycles. The summed E-state index contributed by atoms with van der Waals surface area (Å²) in [5.74, 6) is -1.66. The van der Waals surface area contributed by atoms with Gasteiger partial charge in [0.25, 0.3) is 0 Å². The van der Waals surface area contributed by atoms with Crippen LogP contribution in [0.5, 0.6) is 0 Å². The quantitative estimate of drug-likeness (QED) is 0.681. The molecule has 5 nitrogen and oxygen atoms in total. The van der Waals surface area contributed by atoms with Gasteiger partial charge in [-0.3, -0.25) is 19.2 Å². The van der Waals surface area contributed by atoms with Crippen molar-refractivity contribution in [3.63, 3.8) is 0 Å². The molecule has 0 saturated carbocycles. The molecule has 0 spiro atoms. The molecule has 6 rings (SSSR count). The number of fused-ring (bicyclic) bond motifs is 6. The number of hydrogen-bond acceptors (Lipinski definition) is 5. The fraction of sp³-hybridized carbons (Fsp3) is 0.280. The summed E-state index contributed by atoms with van der Waals surface area (Å²) in [5, 5.41) is 3.41. The van der Waals surface area contributed by atoms with Gasteiger partial charge in [0.1, 0.15) is 5.92 Å². The van der Waals surface area contributed by atoms with Crippen molar-refractivity contribution >= 4 is 23.1 Å². The normalized spacial score (nSPS) is 29.7. The largest absolute Gasteiger partial charge is 0.309 e. The maximum Gasteiger partial charge on any atom is 0.194 e. The lowest BCUT2D eigenvalue weighted by molar-refractivity contribution is -0.127. The van der Waals surface area contributed by atoms with Gasteiger partial charge in [-0.2, -0.15) is 0 Å². The van der Waals surface area contributed by atoms with Gasteiger partial charge in [-0.25, -0.2) is 0 Å². The third-order valence-electron chi connectivity index (χ3n) is 7.06. The highest BCUT2D eigenvalue weighted by Crippen LogP contribution is 2.50. The van der Waals surface area contributed by atoms with Crippen molar-refractivity contribution in [1.82, 2.24) is 5.32 Å². The van der Waals surface area contributed by atoms with E-state index in [9.17, 15) is 19.2 Å². The first-order valence-electron chi connectivity index (χ1n) is 10.4. The minimum atomic E-state index is -0.778. The minimum absolute atomic E-state index is 0.126. The second-order valence-corrected chi connectivity index (χ2v) is 8.54. The highest BCUT2D eigenvalue weighted by Gasteiger charge is 2.51. The summed E-state index contributed by atoms with van der Waals surface area (Å²) in [5.41, 5.74) is 3.71. The number of hydrogen-bond donors (Lipinski definition) is 1. The number of carbonyl (C=O) groups is 4. The maximum atomic E-state index is 13.6. The molecule has 0 aromatic heterocycles. The van der Waals surface area contributed by atoms with Gasteiger partial charge in [-0.05, 0) is 43.0 Å². The third-order valence-corrected chi connectivity index (χ3v) is 7.06. The van der Waals surface area contributed by atoms with Gasteiger partial charge in [0, 0.05) is 39.8 Å². The molecule has 5 aliphatic rings. The Balaban J connectivity index is 1.62. The van der Waals surface area contributed by atoms with Gasteiger partial charge in [-0.1, -0.05) is 36.4 Å². The second-order valence-electron chi connectivity index (χ2n) is 8.54. The summed E-state index contributed by atoms with van der Waals surface area (Å²) in [6.45, 7) is 0.730. The monoisotopic (exact) mass is 397 g/mol. The zero-order valence-electron chi connectivity index (χ0n) is 16.2. The third kappa shape index (κ3) is 2.16. The van der Waals surface area contributed by atoms with Crippen molar-refractivity contribution < 1.29 is 19.2 Å². The van der Waals surface area contributed by atoms with Crippen molar-refractivity contribution in [2.75, 3.05) is 6.54 Å².